The Labute approximate surface area is 256 Å². The number of amides is 1. The van der Waals surface area contributed by atoms with Crippen LogP contribution in [0.25, 0.3) is 16.3 Å². The van der Waals surface area contributed by atoms with E-state index in [0.717, 1.165) is 40.8 Å². The van der Waals surface area contributed by atoms with Crippen molar-refractivity contribution in [3.8, 4) is 0 Å². The summed E-state index contributed by atoms with van der Waals surface area (Å²) in [6, 6.07) is 13.3. The monoisotopic (exact) mass is 708 g/mol. The molecule has 0 spiro atoms. The lowest BCUT2D eigenvalue weighted by atomic mass is 10.0. The van der Waals surface area contributed by atoms with Gasteiger partial charge in [0.2, 0.25) is 5.43 Å². The van der Waals surface area contributed by atoms with E-state index in [2.05, 4.69) is 49.8 Å². The number of halogens is 2. The highest BCUT2D eigenvalue weighted by Gasteiger charge is 2.27. The number of carbonyl (C=O) groups is 1. The Morgan fingerprint density at radius 1 is 0.951 bits per heavy atom. The first kappa shape index (κ1) is 28.8. The summed E-state index contributed by atoms with van der Waals surface area (Å²) in [5.74, 6) is -0.173. The smallest absolute Gasteiger partial charge is 0.258 e. The lowest BCUT2D eigenvalue weighted by molar-refractivity contribution is 0.0342. The van der Waals surface area contributed by atoms with Crippen molar-refractivity contribution in [3.05, 3.63) is 83.8 Å². The first-order chi connectivity index (χ1) is 19.7. The van der Waals surface area contributed by atoms with Crippen LogP contribution in [-0.2, 0) is 34.2 Å². The minimum absolute atomic E-state index is 0.107. The number of benzene rings is 2. The molecule has 0 saturated carbocycles. The molecule has 41 heavy (non-hydrogen) atoms. The highest BCUT2D eigenvalue weighted by Crippen LogP contribution is 2.30. The van der Waals surface area contributed by atoms with Crippen LogP contribution in [0.5, 0.6) is 0 Å². The van der Waals surface area contributed by atoms with Gasteiger partial charge in [0, 0.05) is 67.3 Å². The second kappa shape index (κ2) is 11.8. The molecule has 2 aromatic heterocycles. The fourth-order valence-corrected chi connectivity index (χ4v) is 8.08. The molecule has 0 radical (unpaired) electrons. The van der Waals surface area contributed by atoms with E-state index in [9.17, 15) is 18.0 Å². The van der Waals surface area contributed by atoms with Gasteiger partial charge in [-0.25, -0.2) is 8.42 Å². The minimum atomic E-state index is -3.01. The number of hydrogen-bond acceptors (Lipinski definition) is 7. The third-order valence-electron chi connectivity index (χ3n) is 7.83. The van der Waals surface area contributed by atoms with Crippen LogP contribution in [0, 0.1) is 3.70 Å². The molecule has 2 aromatic carbocycles. The molecular weight excluding hydrogens is 679 g/mol. The molecule has 0 unspecified atom stereocenters. The first-order valence-corrected chi connectivity index (χ1v) is 16.8. The van der Waals surface area contributed by atoms with E-state index >= 15 is 0 Å². The van der Waals surface area contributed by atoms with Gasteiger partial charge < -0.3 is 14.5 Å². The van der Waals surface area contributed by atoms with E-state index in [-0.39, 0.29) is 29.0 Å². The minimum Gasteiger partial charge on any atom is -0.379 e. The zero-order valence-corrected chi connectivity index (χ0v) is 26.1. The maximum absolute atomic E-state index is 14.0. The van der Waals surface area contributed by atoms with Crippen LogP contribution in [0.2, 0.25) is 5.02 Å². The Balaban J connectivity index is 1.41. The lowest BCUT2D eigenvalue weighted by Gasteiger charge is -2.27. The van der Waals surface area contributed by atoms with Crippen LogP contribution in [0.1, 0.15) is 27.2 Å². The maximum atomic E-state index is 14.0. The van der Waals surface area contributed by atoms with Gasteiger partial charge in [0.25, 0.3) is 5.91 Å². The molecule has 0 bridgehead atoms. The number of aromatic nitrogens is 1. The quantitative estimate of drug-likeness (QED) is 0.233. The summed E-state index contributed by atoms with van der Waals surface area (Å²) in [6.07, 6.45) is 0. The molecule has 2 fully saturated rings. The third-order valence-corrected chi connectivity index (χ3v) is 10.7. The van der Waals surface area contributed by atoms with E-state index in [1.807, 2.05) is 22.6 Å². The molecule has 2 saturated heterocycles. The number of sulfone groups is 1. The Morgan fingerprint density at radius 3 is 2.34 bits per heavy atom. The highest BCUT2D eigenvalue weighted by atomic mass is 127. The van der Waals surface area contributed by atoms with E-state index in [1.165, 1.54) is 0 Å². The Bertz CT molecular complexity index is 1760. The topological polar surface area (TPSA) is 100 Å². The van der Waals surface area contributed by atoms with Crippen LogP contribution in [-0.4, -0.2) is 79.4 Å². The number of hydrogen-bond donors (Lipinski definition) is 1. The molecule has 1 N–H and O–H groups in total. The Kier molecular flexibility index (Phi) is 8.27. The summed E-state index contributed by atoms with van der Waals surface area (Å²) in [5.41, 5.74) is 3.41. The van der Waals surface area contributed by atoms with Gasteiger partial charge in [-0.15, -0.1) is 0 Å². The summed E-state index contributed by atoms with van der Waals surface area (Å²) in [6.45, 7) is 5.36. The van der Waals surface area contributed by atoms with Crippen molar-refractivity contribution in [3.63, 3.8) is 0 Å². The number of morpholine rings is 1. The molecule has 0 aliphatic carbocycles. The van der Waals surface area contributed by atoms with Crippen molar-refractivity contribution in [2.45, 2.75) is 19.6 Å². The van der Waals surface area contributed by atoms with Gasteiger partial charge in [-0.3, -0.25) is 19.4 Å². The van der Waals surface area contributed by atoms with E-state index < -0.39 is 15.7 Å². The van der Waals surface area contributed by atoms with Crippen molar-refractivity contribution in [2.24, 2.45) is 0 Å². The van der Waals surface area contributed by atoms with Gasteiger partial charge in [0.1, 0.15) is 9.26 Å². The second-order valence-electron chi connectivity index (χ2n) is 10.7. The summed E-state index contributed by atoms with van der Waals surface area (Å²) in [7, 11) is -3.01. The highest BCUT2D eigenvalue weighted by molar-refractivity contribution is 14.1. The Morgan fingerprint density at radius 2 is 1.63 bits per heavy atom. The number of pyridine rings is 1. The standard InChI is InChI=1S/C29H30ClIN4O5S/c30-22-3-1-19(2-4-22)16-32-29(37)25-27(36)24-14-20(17-33-5-9-40-10-6-33)13-21-15-23(35(26(21)24)28(25)31)18-34-7-11-41(38,39)12-8-34/h1-4,13-15H,5-12,16-18H2,(H,32,37). The number of nitrogens with one attached hydrogen (secondary N) is 1. The van der Waals surface area contributed by atoms with Gasteiger partial charge in [-0.2, -0.15) is 0 Å². The largest absolute Gasteiger partial charge is 0.379 e. The van der Waals surface area contributed by atoms with Crippen LogP contribution >= 0.6 is 34.2 Å². The normalized spacial score (nSPS) is 18.3. The van der Waals surface area contributed by atoms with Gasteiger partial charge in [-0.1, -0.05) is 23.7 Å². The molecule has 12 heteroatoms. The summed E-state index contributed by atoms with van der Waals surface area (Å²) >= 11 is 8.09. The number of rotatable bonds is 7. The predicted molar refractivity (Wildman–Crippen MR) is 168 cm³/mol. The van der Waals surface area contributed by atoms with Crippen LogP contribution in [0.4, 0.5) is 0 Å². The van der Waals surface area contributed by atoms with Gasteiger partial charge in [0.05, 0.1) is 30.2 Å². The summed E-state index contributed by atoms with van der Waals surface area (Å²) in [4.78, 5) is 31.9. The SMILES string of the molecule is O=C(NCc1ccc(Cl)cc1)c1c(I)n2c(CN3CCS(=O)(=O)CC3)cc3cc(CN4CCOCC4)cc(c1=O)c32. The molecule has 2 aliphatic rings. The molecule has 1 amide bonds. The molecule has 0 atom stereocenters. The van der Waals surface area contributed by atoms with Crippen LogP contribution in [0.15, 0.2) is 47.3 Å². The zero-order valence-electron chi connectivity index (χ0n) is 22.4. The maximum Gasteiger partial charge on any atom is 0.258 e. The van der Waals surface area contributed by atoms with Crippen molar-refractivity contribution in [1.82, 2.24) is 19.5 Å². The van der Waals surface area contributed by atoms with Crippen molar-refractivity contribution >= 4 is 66.2 Å². The fraction of sp³-hybridized carbons (Fsp3) is 0.379. The second-order valence-corrected chi connectivity index (χ2v) is 14.4. The van der Waals surface area contributed by atoms with E-state index in [1.54, 1.807) is 12.1 Å². The molecule has 2 aliphatic heterocycles. The average Bonchev–Trinajstić information content (AvgIpc) is 3.31. The summed E-state index contributed by atoms with van der Waals surface area (Å²) < 4.78 is 32.1. The molecule has 4 aromatic rings. The number of ether oxygens (including phenoxy) is 1. The average molecular weight is 709 g/mol. The summed E-state index contributed by atoms with van der Waals surface area (Å²) in [5, 5.41) is 4.97. The van der Waals surface area contributed by atoms with E-state index in [4.69, 9.17) is 16.3 Å². The Hall–Kier alpha value is -2.29. The first-order valence-electron chi connectivity index (χ1n) is 13.6. The molecular formula is C29H30ClIN4O5S. The van der Waals surface area contributed by atoms with Gasteiger partial charge in [0.15, 0.2) is 9.84 Å². The van der Waals surface area contributed by atoms with Crippen molar-refractivity contribution in [2.75, 3.05) is 50.9 Å². The van der Waals surface area contributed by atoms with Gasteiger partial charge in [-0.05, 0) is 64.0 Å². The number of nitrogens with zero attached hydrogens (tertiary/aromatic N) is 3. The lowest BCUT2D eigenvalue weighted by Crippen LogP contribution is -2.40. The molecule has 6 rings (SSSR count). The molecule has 9 nitrogen and oxygen atoms in total. The van der Waals surface area contributed by atoms with E-state index in [0.29, 0.717) is 53.5 Å². The predicted octanol–water partition coefficient (Wildman–Crippen LogP) is 3.14. The van der Waals surface area contributed by atoms with Crippen molar-refractivity contribution < 1.29 is 17.9 Å². The molecule has 216 valence electrons. The molecule has 4 heterocycles. The van der Waals surface area contributed by atoms with Crippen molar-refractivity contribution in [1.29, 1.82) is 0 Å². The van der Waals surface area contributed by atoms with Crippen LogP contribution in [0.3, 0.4) is 0 Å². The number of carbonyl (C=O) groups excluding carboxylic acids is 1. The fourth-order valence-electron chi connectivity index (χ4n) is 5.64. The third kappa shape index (κ3) is 6.11. The van der Waals surface area contributed by atoms with Crippen LogP contribution < -0.4 is 10.7 Å². The zero-order chi connectivity index (χ0) is 28.7. The van der Waals surface area contributed by atoms with Gasteiger partial charge >= 0.3 is 0 Å².